The molecule has 1 aliphatic carbocycles. The van der Waals surface area contributed by atoms with Crippen molar-refractivity contribution < 1.29 is 14.7 Å². The second-order valence-electron chi connectivity index (χ2n) is 9.20. The summed E-state index contributed by atoms with van der Waals surface area (Å²) in [4.78, 5) is 31.4. The van der Waals surface area contributed by atoms with Crippen LogP contribution in [0.5, 0.6) is 0 Å². The van der Waals surface area contributed by atoms with Gasteiger partial charge in [-0.1, -0.05) is 37.3 Å². The summed E-state index contributed by atoms with van der Waals surface area (Å²) in [5.41, 5.74) is 1.58. The average Bonchev–Trinajstić information content (AvgIpc) is 3.22. The molecule has 1 amide bonds. The Labute approximate surface area is 188 Å². The third kappa shape index (κ3) is 4.85. The van der Waals surface area contributed by atoms with Gasteiger partial charge in [0.2, 0.25) is 5.91 Å². The van der Waals surface area contributed by atoms with E-state index in [1.54, 1.807) is 0 Å². The number of piperidine rings is 1. The number of carbonyl (C=O) groups is 2. The Balaban J connectivity index is 1.73. The summed E-state index contributed by atoms with van der Waals surface area (Å²) in [6, 6.07) is 11.8. The minimum Gasteiger partial charge on any atom is -0.477 e. The Kier molecular flexibility index (Phi) is 6.77. The lowest BCUT2D eigenvalue weighted by molar-refractivity contribution is -0.124. The first-order chi connectivity index (χ1) is 14.9. The third-order valence-corrected chi connectivity index (χ3v) is 8.04. The molecule has 0 unspecified atom stereocenters. The van der Waals surface area contributed by atoms with Crippen LogP contribution in [0.2, 0.25) is 0 Å². The van der Waals surface area contributed by atoms with Gasteiger partial charge in [-0.05, 0) is 76.2 Å². The maximum atomic E-state index is 13.8. The molecular formula is C25H32N2O3S. The van der Waals surface area contributed by atoms with Crippen LogP contribution in [-0.2, 0) is 4.79 Å². The van der Waals surface area contributed by atoms with E-state index in [9.17, 15) is 14.7 Å². The topological polar surface area (TPSA) is 60.9 Å². The molecule has 5 nitrogen and oxygen atoms in total. The van der Waals surface area contributed by atoms with E-state index < -0.39 is 5.97 Å². The van der Waals surface area contributed by atoms with Gasteiger partial charge in [0.05, 0.1) is 5.69 Å². The molecule has 1 aromatic carbocycles. The first kappa shape index (κ1) is 22.0. The molecule has 0 bridgehead atoms. The van der Waals surface area contributed by atoms with Crippen molar-refractivity contribution in [3.05, 3.63) is 41.3 Å². The summed E-state index contributed by atoms with van der Waals surface area (Å²) in [7, 11) is 2.10. The lowest BCUT2D eigenvalue weighted by Crippen LogP contribution is -2.49. The first-order valence-corrected chi connectivity index (χ1v) is 12.2. The maximum absolute atomic E-state index is 13.8. The molecule has 0 atom stereocenters. The van der Waals surface area contributed by atoms with Gasteiger partial charge in [-0.3, -0.25) is 4.79 Å². The number of hydrogen-bond donors (Lipinski definition) is 1. The largest absolute Gasteiger partial charge is 0.477 e. The Bertz CT molecular complexity index is 910. The zero-order chi connectivity index (χ0) is 22.0. The van der Waals surface area contributed by atoms with Crippen LogP contribution in [0.3, 0.4) is 0 Å². The average molecular weight is 441 g/mol. The number of carboxylic acids is 1. The smallest absolute Gasteiger partial charge is 0.348 e. The van der Waals surface area contributed by atoms with E-state index in [0.29, 0.717) is 11.6 Å². The van der Waals surface area contributed by atoms with Crippen molar-refractivity contribution in [2.24, 2.45) is 11.8 Å². The molecule has 4 rings (SSSR count). The van der Waals surface area contributed by atoms with Gasteiger partial charge in [0.15, 0.2) is 0 Å². The fourth-order valence-electron chi connectivity index (χ4n) is 4.91. The minimum atomic E-state index is -0.954. The molecular weight excluding hydrogens is 408 g/mol. The fraction of sp³-hybridized carbons (Fsp3) is 0.520. The Morgan fingerprint density at radius 1 is 1.03 bits per heavy atom. The quantitative estimate of drug-likeness (QED) is 0.679. The van der Waals surface area contributed by atoms with Crippen molar-refractivity contribution >= 4 is 28.9 Å². The molecule has 2 heterocycles. The third-order valence-electron chi connectivity index (χ3n) is 6.88. The van der Waals surface area contributed by atoms with E-state index in [2.05, 4.69) is 18.9 Å². The number of carbonyl (C=O) groups excluding carboxylic acids is 1. The molecule has 2 aliphatic rings. The summed E-state index contributed by atoms with van der Waals surface area (Å²) < 4.78 is 0. The molecule has 166 valence electrons. The number of aromatic carboxylic acids is 1. The van der Waals surface area contributed by atoms with Crippen molar-refractivity contribution in [3.63, 3.8) is 0 Å². The molecule has 31 heavy (non-hydrogen) atoms. The minimum absolute atomic E-state index is 0.00224. The molecule has 1 N–H and O–H groups in total. The molecule has 2 fully saturated rings. The van der Waals surface area contributed by atoms with Crippen molar-refractivity contribution in [2.45, 2.75) is 51.5 Å². The highest BCUT2D eigenvalue weighted by molar-refractivity contribution is 7.18. The second kappa shape index (κ2) is 9.53. The van der Waals surface area contributed by atoms with Gasteiger partial charge < -0.3 is 14.9 Å². The van der Waals surface area contributed by atoms with Crippen LogP contribution in [0.25, 0.3) is 10.4 Å². The number of anilines is 1. The number of amides is 1. The lowest BCUT2D eigenvalue weighted by Gasteiger charge is -2.39. The number of hydrogen-bond acceptors (Lipinski definition) is 4. The Morgan fingerprint density at radius 3 is 2.29 bits per heavy atom. The summed E-state index contributed by atoms with van der Waals surface area (Å²) in [5, 5.41) is 10.0. The predicted molar refractivity (Wildman–Crippen MR) is 126 cm³/mol. The highest BCUT2D eigenvalue weighted by Crippen LogP contribution is 2.41. The van der Waals surface area contributed by atoms with E-state index in [-0.39, 0.29) is 22.7 Å². The molecule has 1 aliphatic heterocycles. The van der Waals surface area contributed by atoms with Crippen LogP contribution < -0.4 is 4.90 Å². The van der Waals surface area contributed by atoms with E-state index in [1.165, 1.54) is 11.3 Å². The zero-order valence-electron chi connectivity index (χ0n) is 18.4. The van der Waals surface area contributed by atoms with Gasteiger partial charge in [0.1, 0.15) is 4.88 Å². The van der Waals surface area contributed by atoms with E-state index >= 15 is 0 Å². The second-order valence-corrected chi connectivity index (χ2v) is 10.2. The van der Waals surface area contributed by atoms with Crippen LogP contribution in [0.15, 0.2) is 36.4 Å². The summed E-state index contributed by atoms with van der Waals surface area (Å²) >= 11 is 1.27. The number of likely N-dealkylation sites (tertiary alicyclic amines) is 1. The van der Waals surface area contributed by atoms with E-state index in [4.69, 9.17) is 0 Å². The number of thiophene rings is 1. The van der Waals surface area contributed by atoms with Crippen molar-refractivity contribution in [3.8, 4) is 10.4 Å². The molecule has 6 heteroatoms. The van der Waals surface area contributed by atoms with Crippen molar-refractivity contribution in [1.82, 2.24) is 4.90 Å². The number of rotatable bonds is 5. The molecule has 1 saturated heterocycles. The monoisotopic (exact) mass is 440 g/mol. The van der Waals surface area contributed by atoms with E-state index in [1.807, 2.05) is 41.3 Å². The molecule has 2 aromatic rings. The number of nitrogens with zero attached hydrogens (tertiary/aromatic N) is 2. The van der Waals surface area contributed by atoms with Crippen LogP contribution in [0.4, 0.5) is 5.69 Å². The van der Waals surface area contributed by atoms with Gasteiger partial charge in [-0.2, -0.15) is 0 Å². The summed E-state index contributed by atoms with van der Waals surface area (Å²) in [6.45, 7) is 4.10. The van der Waals surface area contributed by atoms with Gasteiger partial charge in [-0.25, -0.2) is 4.79 Å². The van der Waals surface area contributed by atoms with Gasteiger partial charge in [-0.15, -0.1) is 11.3 Å². The molecule has 1 aromatic heterocycles. The lowest BCUT2D eigenvalue weighted by atomic mass is 9.82. The van der Waals surface area contributed by atoms with Gasteiger partial charge in [0.25, 0.3) is 0 Å². The molecule has 0 spiro atoms. The maximum Gasteiger partial charge on any atom is 0.348 e. The molecule has 1 saturated carbocycles. The van der Waals surface area contributed by atoms with Crippen molar-refractivity contribution in [2.75, 3.05) is 25.0 Å². The summed E-state index contributed by atoms with van der Waals surface area (Å²) in [5.74, 6) is -0.162. The van der Waals surface area contributed by atoms with Crippen molar-refractivity contribution in [1.29, 1.82) is 0 Å². The number of carboxylic acid groups (broad SMARTS) is 1. The highest BCUT2D eigenvalue weighted by atomic mass is 32.1. The first-order valence-electron chi connectivity index (χ1n) is 11.4. The van der Waals surface area contributed by atoms with Crippen LogP contribution >= 0.6 is 11.3 Å². The molecule has 0 radical (unpaired) electrons. The number of benzene rings is 1. The standard InChI is InChI=1S/C25H32N2O3S/c1-17-8-10-19(11-9-17)24(28)27(20-12-14-26(2)15-13-20)21-16-22(31-23(21)25(29)30)18-6-4-3-5-7-18/h3-7,16-17,19-20H,8-15H2,1-2H3,(H,29,30)/t17-,19-. The van der Waals surface area contributed by atoms with E-state index in [0.717, 1.165) is 62.1 Å². The Hall–Kier alpha value is -2.18. The summed E-state index contributed by atoms with van der Waals surface area (Å²) in [6.07, 6.45) is 5.70. The Morgan fingerprint density at radius 2 is 1.68 bits per heavy atom. The highest BCUT2D eigenvalue weighted by Gasteiger charge is 2.36. The van der Waals surface area contributed by atoms with Gasteiger partial charge in [0, 0.05) is 16.8 Å². The van der Waals surface area contributed by atoms with Gasteiger partial charge >= 0.3 is 5.97 Å². The van der Waals surface area contributed by atoms with Crippen LogP contribution in [0, 0.1) is 11.8 Å². The van der Waals surface area contributed by atoms with Crippen LogP contribution in [0.1, 0.15) is 55.1 Å². The zero-order valence-corrected chi connectivity index (χ0v) is 19.2. The SMILES string of the molecule is CN1CCC(N(c2cc(-c3ccccc3)sc2C(=O)O)C(=O)[C@H]2CC[C@H](C)CC2)CC1. The van der Waals surface area contributed by atoms with Crippen LogP contribution in [-0.4, -0.2) is 48.1 Å². The fourth-order valence-corrected chi connectivity index (χ4v) is 5.90. The predicted octanol–water partition coefficient (Wildman–Crippen LogP) is 5.37. The normalized spacial score (nSPS) is 22.9.